The summed E-state index contributed by atoms with van der Waals surface area (Å²) >= 11 is 0. The van der Waals surface area contributed by atoms with Crippen LogP contribution in [0.25, 0.3) is 0 Å². The summed E-state index contributed by atoms with van der Waals surface area (Å²) < 4.78 is 0. The van der Waals surface area contributed by atoms with Gasteiger partial charge in [0, 0.05) is 13.0 Å². The molecule has 0 spiro atoms. The summed E-state index contributed by atoms with van der Waals surface area (Å²) in [4.78, 5) is 51.3. The second kappa shape index (κ2) is 13.5. The highest BCUT2D eigenvalue weighted by Gasteiger charge is 2.28. The largest absolute Gasteiger partial charge is 0.508 e. The van der Waals surface area contributed by atoms with Crippen molar-refractivity contribution in [1.29, 1.82) is 0 Å². The lowest BCUT2D eigenvalue weighted by Gasteiger charge is -2.22. The van der Waals surface area contributed by atoms with Gasteiger partial charge in [-0.2, -0.15) is 0 Å². The van der Waals surface area contributed by atoms with E-state index >= 15 is 0 Å². The predicted molar refractivity (Wildman–Crippen MR) is 118 cm³/mol. The summed E-state index contributed by atoms with van der Waals surface area (Å²) in [5.41, 5.74) is 17.0. The minimum absolute atomic E-state index is 0.0117. The Morgan fingerprint density at radius 1 is 0.939 bits per heavy atom. The third-order valence-corrected chi connectivity index (χ3v) is 4.57. The van der Waals surface area contributed by atoms with E-state index in [1.54, 1.807) is 12.1 Å². The SMILES string of the molecule is NC(N)=NCCCC(NC(=O)C(CCC(=O)O)NC(=O)C(N)Cc1ccc(O)cc1)C(=O)O. The third kappa shape index (κ3) is 10.8. The number of aromatic hydroxyl groups is 1. The number of nitrogens with two attached hydrogens (primary N) is 3. The zero-order valence-corrected chi connectivity index (χ0v) is 17.9. The topological polar surface area (TPSA) is 243 Å². The Kier molecular flexibility index (Phi) is 11.1. The number of rotatable bonds is 14. The van der Waals surface area contributed by atoms with Gasteiger partial charge in [-0.05, 0) is 43.4 Å². The van der Waals surface area contributed by atoms with Crippen LogP contribution in [0.1, 0.15) is 31.2 Å². The van der Waals surface area contributed by atoms with E-state index in [0.29, 0.717) is 5.56 Å². The zero-order valence-electron chi connectivity index (χ0n) is 17.9. The fourth-order valence-corrected chi connectivity index (χ4v) is 2.83. The minimum atomic E-state index is -1.31. The molecule has 0 radical (unpaired) electrons. The third-order valence-electron chi connectivity index (χ3n) is 4.57. The van der Waals surface area contributed by atoms with Gasteiger partial charge < -0.3 is 43.2 Å². The molecule has 13 nitrogen and oxygen atoms in total. The van der Waals surface area contributed by atoms with E-state index in [9.17, 15) is 29.4 Å². The number of hydrogen-bond acceptors (Lipinski definition) is 7. The van der Waals surface area contributed by atoms with Crippen LogP contribution in [0.2, 0.25) is 0 Å². The second-order valence-corrected chi connectivity index (χ2v) is 7.32. The fourth-order valence-electron chi connectivity index (χ4n) is 2.83. The predicted octanol–water partition coefficient (Wildman–Crippen LogP) is -1.77. The van der Waals surface area contributed by atoms with Crippen molar-refractivity contribution in [2.45, 2.75) is 50.2 Å². The number of aliphatic carboxylic acids is 2. The van der Waals surface area contributed by atoms with Gasteiger partial charge in [-0.1, -0.05) is 12.1 Å². The molecule has 1 aromatic rings. The number of hydrogen-bond donors (Lipinski definition) is 8. The van der Waals surface area contributed by atoms with Gasteiger partial charge in [0.15, 0.2) is 5.96 Å². The molecule has 0 aliphatic rings. The van der Waals surface area contributed by atoms with E-state index in [1.807, 2.05) is 0 Å². The molecule has 0 bridgehead atoms. The maximum absolute atomic E-state index is 12.6. The smallest absolute Gasteiger partial charge is 0.326 e. The molecule has 0 aliphatic carbocycles. The van der Waals surface area contributed by atoms with Crippen molar-refractivity contribution in [3.8, 4) is 5.75 Å². The first-order valence-electron chi connectivity index (χ1n) is 10.1. The average molecular weight is 466 g/mol. The van der Waals surface area contributed by atoms with Crippen LogP contribution >= 0.6 is 0 Å². The van der Waals surface area contributed by atoms with Crippen molar-refractivity contribution < 1.29 is 34.5 Å². The van der Waals surface area contributed by atoms with Crippen LogP contribution in [0.4, 0.5) is 0 Å². The van der Waals surface area contributed by atoms with Crippen molar-refractivity contribution in [3.63, 3.8) is 0 Å². The van der Waals surface area contributed by atoms with E-state index in [4.69, 9.17) is 22.3 Å². The number of carboxylic acids is 2. The van der Waals surface area contributed by atoms with Crippen molar-refractivity contribution in [2.75, 3.05) is 6.54 Å². The lowest BCUT2D eigenvalue weighted by molar-refractivity contribution is -0.143. The quantitative estimate of drug-likeness (QED) is 0.0871. The van der Waals surface area contributed by atoms with Gasteiger partial charge in [0.25, 0.3) is 0 Å². The summed E-state index contributed by atoms with van der Waals surface area (Å²) in [5, 5.41) is 32.3. The van der Waals surface area contributed by atoms with Crippen LogP contribution in [-0.2, 0) is 25.6 Å². The molecule has 13 heteroatoms. The molecular formula is C20H30N6O7. The lowest BCUT2D eigenvalue weighted by Crippen LogP contribution is -2.54. The number of carboxylic acid groups (broad SMARTS) is 2. The number of phenolic OH excluding ortho intramolecular Hbond substituents is 1. The average Bonchev–Trinajstić information content (AvgIpc) is 2.73. The first-order chi connectivity index (χ1) is 15.5. The highest BCUT2D eigenvalue weighted by molar-refractivity contribution is 5.92. The number of aliphatic imine (C=N–C) groups is 1. The van der Waals surface area contributed by atoms with E-state index in [-0.39, 0.29) is 43.9 Å². The number of amides is 2. The Morgan fingerprint density at radius 3 is 2.09 bits per heavy atom. The Balaban J connectivity index is 2.79. The zero-order chi connectivity index (χ0) is 25.0. The molecule has 3 unspecified atom stereocenters. The van der Waals surface area contributed by atoms with E-state index in [0.717, 1.165) is 0 Å². The summed E-state index contributed by atoms with van der Waals surface area (Å²) in [5.74, 6) is -4.16. The molecule has 1 rings (SSSR count). The highest BCUT2D eigenvalue weighted by Crippen LogP contribution is 2.11. The summed E-state index contributed by atoms with van der Waals surface area (Å²) in [6.07, 6.45) is -0.328. The van der Waals surface area contributed by atoms with Crippen molar-refractivity contribution in [3.05, 3.63) is 29.8 Å². The van der Waals surface area contributed by atoms with Crippen molar-refractivity contribution in [1.82, 2.24) is 10.6 Å². The Morgan fingerprint density at radius 2 is 1.55 bits per heavy atom. The van der Waals surface area contributed by atoms with E-state index in [1.165, 1.54) is 12.1 Å². The molecule has 0 aromatic heterocycles. The van der Waals surface area contributed by atoms with E-state index in [2.05, 4.69) is 15.6 Å². The molecule has 0 heterocycles. The summed E-state index contributed by atoms with van der Waals surface area (Å²) in [7, 11) is 0. The molecule has 0 fully saturated rings. The van der Waals surface area contributed by atoms with Crippen LogP contribution in [-0.4, -0.2) is 69.7 Å². The number of guanidine groups is 1. The number of nitrogens with one attached hydrogen (secondary N) is 2. The molecule has 0 saturated heterocycles. The van der Waals surface area contributed by atoms with Crippen LogP contribution in [0.5, 0.6) is 5.75 Å². The molecule has 11 N–H and O–H groups in total. The maximum Gasteiger partial charge on any atom is 0.326 e. The molecule has 33 heavy (non-hydrogen) atoms. The monoisotopic (exact) mass is 466 g/mol. The van der Waals surface area contributed by atoms with E-state index < -0.39 is 48.3 Å². The Bertz CT molecular complexity index is 855. The van der Waals surface area contributed by atoms with Gasteiger partial charge in [-0.25, -0.2) is 4.79 Å². The molecule has 0 aliphatic heterocycles. The number of carbonyl (C=O) groups excluding carboxylic acids is 2. The molecular weight excluding hydrogens is 436 g/mol. The van der Waals surface area contributed by atoms with Gasteiger partial charge in [0.2, 0.25) is 11.8 Å². The second-order valence-electron chi connectivity index (χ2n) is 7.32. The Labute approximate surface area is 190 Å². The molecule has 2 amide bonds. The van der Waals surface area contributed by atoms with Crippen molar-refractivity contribution >= 4 is 29.7 Å². The fraction of sp³-hybridized carbons (Fsp3) is 0.450. The van der Waals surface area contributed by atoms with Crippen molar-refractivity contribution in [2.24, 2.45) is 22.2 Å². The number of carbonyl (C=O) groups is 4. The first-order valence-corrected chi connectivity index (χ1v) is 10.1. The molecule has 182 valence electrons. The molecule has 0 saturated carbocycles. The highest BCUT2D eigenvalue weighted by atomic mass is 16.4. The van der Waals surface area contributed by atoms with Crippen LogP contribution in [0.3, 0.4) is 0 Å². The van der Waals surface area contributed by atoms with Gasteiger partial charge in [0.05, 0.1) is 6.04 Å². The summed E-state index contributed by atoms with van der Waals surface area (Å²) in [6, 6.07) is 2.36. The first kappa shape index (κ1) is 27.2. The minimum Gasteiger partial charge on any atom is -0.508 e. The number of phenols is 1. The molecule has 3 atom stereocenters. The van der Waals surface area contributed by atoms with Crippen LogP contribution in [0, 0.1) is 0 Å². The van der Waals surface area contributed by atoms with Crippen LogP contribution < -0.4 is 27.8 Å². The van der Waals surface area contributed by atoms with Gasteiger partial charge in [-0.15, -0.1) is 0 Å². The lowest BCUT2D eigenvalue weighted by atomic mass is 10.0. The standard InChI is InChI=1S/C20H30N6O7/c21-13(10-11-3-5-12(27)6-4-11)17(30)25-14(7-8-16(28)29)18(31)26-15(19(32)33)2-1-9-24-20(22)23/h3-6,13-15,27H,1-2,7-10,21H2,(H,25,30)(H,26,31)(H,28,29)(H,32,33)(H4,22,23,24). The Hall–Kier alpha value is -3.87. The normalized spacial score (nSPS) is 13.2. The number of benzene rings is 1. The van der Waals surface area contributed by atoms with Gasteiger partial charge in [0.1, 0.15) is 17.8 Å². The number of nitrogens with zero attached hydrogens (tertiary/aromatic N) is 1. The van der Waals surface area contributed by atoms with Crippen LogP contribution in [0.15, 0.2) is 29.3 Å². The van der Waals surface area contributed by atoms with Gasteiger partial charge in [-0.3, -0.25) is 19.4 Å². The maximum atomic E-state index is 12.6. The summed E-state index contributed by atoms with van der Waals surface area (Å²) in [6.45, 7) is 0.160. The molecule has 1 aromatic carbocycles. The van der Waals surface area contributed by atoms with Gasteiger partial charge >= 0.3 is 11.9 Å².